The van der Waals surface area contributed by atoms with Crippen LogP contribution >= 0.6 is 24.8 Å². The number of carbonyl (C=O) groups is 1. The van der Waals surface area contributed by atoms with Crippen molar-refractivity contribution in [3.8, 4) is 0 Å². The van der Waals surface area contributed by atoms with Crippen molar-refractivity contribution in [3.05, 3.63) is 29.6 Å². The summed E-state index contributed by atoms with van der Waals surface area (Å²) < 4.78 is 15.7. The summed E-state index contributed by atoms with van der Waals surface area (Å²) in [5.41, 5.74) is 7.10. The molecule has 1 fully saturated rings. The van der Waals surface area contributed by atoms with Crippen molar-refractivity contribution in [3.63, 3.8) is 0 Å². The van der Waals surface area contributed by atoms with Crippen LogP contribution in [-0.2, 0) is 14.2 Å². The van der Waals surface area contributed by atoms with E-state index in [1.54, 1.807) is 21.3 Å². The van der Waals surface area contributed by atoms with Crippen LogP contribution in [0.3, 0.4) is 0 Å². The van der Waals surface area contributed by atoms with Crippen LogP contribution in [0.1, 0.15) is 48.8 Å². The number of aliphatic imine (C=N–C) groups is 1. The van der Waals surface area contributed by atoms with E-state index in [2.05, 4.69) is 20.6 Å². The van der Waals surface area contributed by atoms with Gasteiger partial charge in [0, 0.05) is 32.8 Å². The topological polar surface area (TPSA) is 133 Å². The number of aromatic nitrogens is 2. The molecule has 4 N–H and O–H groups in total. The predicted octanol–water partition coefficient (Wildman–Crippen LogP) is 3.29. The molecule has 12 heteroatoms. The first-order valence-corrected chi connectivity index (χ1v) is 11.9. The number of halogens is 2. The first-order chi connectivity index (χ1) is 16.8. The number of methoxy groups -OCH3 is 3. The van der Waals surface area contributed by atoms with Crippen LogP contribution < -0.4 is 16.4 Å². The fourth-order valence-electron chi connectivity index (χ4n) is 4.54. The maximum absolute atomic E-state index is 13.2. The van der Waals surface area contributed by atoms with Gasteiger partial charge in [0.05, 0.1) is 30.3 Å². The lowest BCUT2D eigenvalue weighted by Crippen LogP contribution is -2.53. The number of nitrogens with one attached hydrogen (secondary N) is 2. The number of carbonyl (C=O) groups excluding carboxylic acids is 1. The number of hydrogen-bond acceptors (Lipinski definition) is 8. The molecular formula is C25H40Cl2N6O4. The maximum Gasteiger partial charge on any atom is 0.289 e. The molecule has 0 radical (unpaired) electrons. The summed E-state index contributed by atoms with van der Waals surface area (Å²) >= 11 is 0. The van der Waals surface area contributed by atoms with Gasteiger partial charge in [-0.1, -0.05) is 24.5 Å². The Morgan fingerprint density at radius 3 is 2.43 bits per heavy atom. The minimum atomic E-state index is -0.720. The van der Waals surface area contributed by atoms with Gasteiger partial charge in [0.1, 0.15) is 18.3 Å². The van der Waals surface area contributed by atoms with Crippen molar-refractivity contribution in [1.82, 2.24) is 15.3 Å². The van der Waals surface area contributed by atoms with Crippen LogP contribution in [0.2, 0.25) is 0 Å². The van der Waals surface area contributed by atoms with E-state index in [0.29, 0.717) is 23.8 Å². The largest absolute Gasteiger partial charge is 0.386 e. The first-order valence-electron chi connectivity index (χ1n) is 11.9. The van der Waals surface area contributed by atoms with Gasteiger partial charge in [-0.2, -0.15) is 0 Å². The molecule has 0 aliphatic heterocycles. The summed E-state index contributed by atoms with van der Waals surface area (Å²) in [6, 6.07) is 5.93. The van der Waals surface area contributed by atoms with Crippen LogP contribution in [0.25, 0.3) is 10.9 Å². The van der Waals surface area contributed by atoms with E-state index in [1.807, 2.05) is 32.0 Å². The van der Waals surface area contributed by atoms with Gasteiger partial charge in [0.2, 0.25) is 5.82 Å². The number of anilines is 1. The second-order valence-electron chi connectivity index (χ2n) is 9.45. The number of ether oxygens (including phenoxy) is 3. The highest BCUT2D eigenvalue weighted by Crippen LogP contribution is 2.28. The number of benzene rings is 1. The summed E-state index contributed by atoms with van der Waals surface area (Å²) in [4.78, 5) is 27.2. The fraction of sp³-hybridized carbons (Fsp3) is 0.600. The van der Waals surface area contributed by atoms with Crippen LogP contribution in [-0.4, -0.2) is 80.5 Å². The molecule has 1 amide bonds. The van der Waals surface area contributed by atoms with Crippen molar-refractivity contribution in [2.45, 2.75) is 57.2 Å². The molecule has 3 rings (SSSR count). The minimum Gasteiger partial charge on any atom is -0.386 e. The van der Waals surface area contributed by atoms with Gasteiger partial charge in [0.15, 0.2) is 0 Å². The monoisotopic (exact) mass is 558 g/mol. The Kier molecular flexibility index (Phi) is 13.5. The van der Waals surface area contributed by atoms with Gasteiger partial charge in [-0.15, -0.1) is 24.8 Å². The first kappa shape index (κ1) is 32.8. The third-order valence-electron chi connectivity index (χ3n) is 6.07. The third-order valence-corrected chi connectivity index (χ3v) is 6.07. The quantitative estimate of drug-likeness (QED) is 0.282. The highest BCUT2D eigenvalue weighted by Gasteiger charge is 2.30. The van der Waals surface area contributed by atoms with E-state index in [9.17, 15) is 4.79 Å². The van der Waals surface area contributed by atoms with Crippen molar-refractivity contribution >= 4 is 53.3 Å². The number of nitrogens with zero attached hydrogens (tertiary/aromatic N) is 3. The summed E-state index contributed by atoms with van der Waals surface area (Å²) in [7, 11) is 4.77. The van der Waals surface area contributed by atoms with Crippen molar-refractivity contribution in [2.24, 2.45) is 10.7 Å². The molecule has 2 atom stereocenters. The normalized spacial score (nSPS) is 18.0. The average molecular weight is 560 g/mol. The van der Waals surface area contributed by atoms with Gasteiger partial charge in [-0.25, -0.2) is 9.97 Å². The molecule has 0 bridgehead atoms. The molecule has 1 aromatic carbocycles. The van der Waals surface area contributed by atoms with Gasteiger partial charge in [-0.3, -0.25) is 9.79 Å². The lowest BCUT2D eigenvalue weighted by molar-refractivity contribution is 0.0453. The molecule has 208 valence electrons. The van der Waals surface area contributed by atoms with Crippen LogP contribution in [0, 0.1) is 6.92 Å². The predicted molar refractivity (Wildman–Crippen MR) is 152 cm³/mol. The zero-order valence-electron chi connectivity index (χ0n) is 22.2. The zero-order chi connectivity index (χ0) is 25.4. The molecule has 37 heavy (non-hydrogen) atoms. The molecule has 1 saturated carbocycles. The van der Waals surface area contributed by atoms with E-state index in [0.717, 1.165) is 36.6 Å². The molecular weight excluding hydrogens is 519 g/mol. The molecule has 0 saturated heterocycles. The molecule has 2 aromatic rings. The molecule has 1 aliphatic carbocycles. The number of fused-ring (bicyclic) bond motifs is 1. The SMILES string of the molecule is COCC(N)=N[C@@H]1CCCC[C@@H]1Nc1nc(C(=O)NC(C)(COC)COC)nc2ccc(C)cc12.Cl.Cl. The van der Waals surface area contributed by atoms with Crippen molar-refractivity contribution in [2.75, 3.05) is 46.5 Å². The van der Waals surface area contributed by atoms with Crippen LogP contribution in [0.5, 0.6) is 0 Å². The number of hydrogen-bond donors (Lipinski definition) is 3. The van der Waals surface area contributed by atoms with E-state index >= 15 is 0 Å². The minimum absolute atomic E-state index is 0. The van der Waals surface area contributed by atoms with Gasteiger partial charge in [0.25, 0.3) is 5.91 Å². The summed E-state index contributed by atoms with van der Waals surface area (Å²) in [5, 5.41) is 7.40. The fourth-order valence-corrected chi connectivity index (χ4v) is 4.54. The Morgan fingerprint density at radius 2 is 1.78 bits per heavy atom. The summed E-state index contributed by atoms with van der Waals surface area (Å²) in [6.07, 6.45) is 4.01. The standard InChI is InChI=1S/C25H38N6O4.2ClH/c1-16-10-11-18-17(12-16)22(29-20-9-7-6-8-19(20)27-21(26)13-33-3)30-23(28-18)24(32)31-25(2,14-34-4)15-35-5;;/h10-12,19-20H,6-9,13-15H2,1-5H3,(H2,26,27)(H,31,32)(H,28,29,30);2*1H/t19-,20+;;/m1../s1. The van der Waals surface area contributed by atoms with Gasteiger partial charge >= 0.3 is 0 Å². The Hall–Kier alpha value is -2.24. The second kappa shape index (κ2) is 15.2. The number of amides is 1. The smallest absolute Gasteiger partial charge is 0.289 e. The number of aryl methyl sites for hydroxylation is 1. The van der Waals surface area contributed by atoms with Crippen LogP contribution in [0.15, 0.2) is 23.2 Å². The van der Waals surface area contributed by atoms with E-state index < -0.39 is 11.4 Å². The van der Waals surface area contributed by atoms with Crippen LogP contribution in [0.4, 0.5) is 5.82 Å². The van der Waals surface area contributed by atoms with Gasteiger partial charge < -0.3 is 30.6 Å². The summed E-state index contributed by atoms with van der Waals surface area (Å²) in [5.74, 6) is 0.776. The second-order valence-corrected chi connectivity index (χ2v) is 9.45. The zero-order valence-corrected chi connectivity index (χ0v) is 23.8. The molecule has 0 unspecified atom stereocenters. The molecule has 1 aromatic heterocycles. The molecule has 1 aliphatic rings. The molecule has 1 heterocycles. The molecule has 10 nitrogen and oxygen atoms in total. The van der Waals surface area contributed by atoms with Crippen molar-refractivity contribution in [1.29, 1.82) is 0 Å². The lowest BCUT2D eigenvalue weighted by Gasteiger charge is -2.31. The van der Waals surface area contributed by atoms with Gasteiger partial charge in [-0.05, 0) is 38.8 Å². The maximum atomic E-state index is 13.2. The van der Waals surface area contributed by atoms with Crippen molar-refractivity contribution < 1.29 is 19.0 Å². The Balaban J connectivity index is 0.00000342. The number of rotatable bonds is 11. The number of nitrogens with two attached hydrogens (primary N) is 1. The Morgan fingerprint density at radius 1 is 1.11 bits per heavy atom. The highest BCUT2D eigenvalue weighted by atomic mass is 35.5. The van der Waals surface area contributed by atoms with E-state index in [-0.39, 0.29) is 55.9 Å². The van der Waals surface area contributed by atoms with E-state index in [4.69, 9.17) is 24.9 Å². The highest BCUT2D eigenvalue weighted by molar-refractivity contribution is 5.97. The molecule has 0 spiro atoms. The third kappa shape index (κ3) is 8.93. The average Bonchev–Trinajstić information content (AvgIpc) is 2.80. The van der Waals surface area contributed by atoms with E-state index in [1.165, 1.54) is 0 Å². The lowest BCUT2D eigenvalue weighted by atomic mass is 9.90. The summed E-state index contributed by atoms with van der Waals surface area (Å²) in [6.45, 7) is 4.75. The Bertz CT molecular complexity index is 1050. The number of amidine groups is 1. The Labute approximate surface area is 231 Å².